The summed E-state index contributed by atoms with van der Waals surface area (Å²) in [6, 6.07) is 13.7. The van der Waals surface area contributed by atoms with Gasteiger partial charge in [-0.2, -0.15) is 5.10 Å². The first-order chi connectivity index (χ1) is 15.2. The second kappa shape index (κ2) is 8.74. The maximum atomic E-state index is 13.1. The minimum atomic E-state index is -0.0707. The molecule has 1 atom stereocenters. The largest absolute Gasteiger partial charge is 0.376 e. The van der Waals surface area contributed by atoms with Gasteiger partial charge in [0.25, 0.3) is 5.91 Å². The molecule has 6 nitrogen and oxygen atoms in total. The first-order valence-electron chi connectivity index (χ1n) is 10.1. The molecule has 156 valence electrons. The van der Waals surface area contributed by atoms with E-state index in [1.807, 2.05) is 59.4 Å². The Kier molecular flexibility index (Phi) is 5.67. The van der Waals surface area contributed by atoms with Gasteiger partial charge in [0.05, 0.1) is 23.2 Å². The summed E-state index contributed by atoms with van der Waals surface area (Å²) in [7, 11) is 0. The number of rotatable bonds is 5. The molecule has 3 aromatic rings. The van der Waals surface area contributed by atoms with Crippen molar-refractivity contribution < 1.29 is 9.53 Å². The summed E-state index contributed by atoms with van der Waals surface area (Å²) in [5.41, 5.74) is 3.53. The number of carbonyl (C=O) groups excluding carboxylic acids is 1. The van der Waals surface area contributed by atoms with Crippen LogP contribution in [-0.2, 0) is 9.53 Å². The average Bonchev–Trinajstić information content (AvgIpc) is 3.53. The van der Waals surface area contributed by atoms with Gasteiger partial charge < -0.3 is 4.74 Å². The van der Waals surface area contributed by atoms with E-state index in [1.165, 1.54) is 11.8 Å². The molecular weight excluding hydrogens is 428 g/mol. The van der Waals surface area contributed by atoms with E-state index in [9.17, 15) is 4.79 Å². The highest BCUT2D eigenvalue weighted by Gasteiger charge is 2.34. The van der Waals surface area contributed by atoms with Crippen LogP contribution in [0, 0.1) is 0 Å². The van der Waals surface area contributed by atoms with Gasteiger partial charge in [0, 0.05) is 36.3 Å². The molecule has 1 aromatic carbocycles. The third kappa shape index (κ3) is 4.19. The number of nitrogens with zero attached hydrogens (tertiary/aromatic N) is 4. The number of benzene rings is 1. The predicted molar refractivity (Wildman–Crippen MR) is 126 cm³/mol. The van der Waals surface area contributed by atoms with E-state index in [0.29, 0.717) is 15.8 Å². The third-order valence-corrected chi connectivity index (χ3v) is 6.67. The van der Waals surface area contributed by atoms with Gasteiger partial charge >= 0.3 is 0 Å². The molecule has 2 saturated heterocycles. The van der Waals surface area contributed by atoms with Gasteiger partial charge in [-0.15, -0.1) is 0 Å². The molecule has 2 fully saturated rings. The van der Waals surface area contributed by atoms with Crippen LogP contribution in [0.1, 0.15) is 18.4 Å². The van der Waals surface area contributed by atoms with Crippen molar-refractivity contribution in [2.45, 2.75) is 18.9 Å². The number of carbonyl (C=O) groups is 1. The van der Waals surface area contributed by atoms with Crippen LogP contribution in [0.3, 0.4) is 0 Å². The molecule has 2 aliphatic heterocycles. The highest BCUT2D eigenvalue weighted by molar-refractivity contribution is 8.26. The van der Waals surface area contributed by atoms with Crippen molar-refractivity contribution in [3.63, 3.8) is 0 Å². The number of pyridine rings is 1. The zero-order valence-electron chi connectivity index (χ0n) is 16.7. The number of aromatic nitrogens is 3. The molecule has 8 heteroatoms. The van der Waals surface area contributed by atoms with E-state index < -0.39 is 0 Å². The topological polar surface area (TPSA) is 60.2 Å². The Bertz CT molecular complexity index is 1140. The molecule has 4 heterocycles. The lowest BCUT2D eigenvalue weighted by molar-refractivity contribution is -0.123. The predicted octanol–water partition coefficient (Wildman–Crippen LogP) is 4.31. The summed E-state index contributed by atoms with van der Waals surface area (Å²) in [5, 5.41) is 4.80. The molecule has 0 bridgehead atoms. The van der Waals surface area contributed by atoms with E-state index in [0.717, 1.165) is 42.0 Å². The molecule has 2 aromatic heterocycles. The van der Waals surface area contributed by atoms with Crippen molar-refractivity contribution in [3.8, 4) is 16.9 Å². The number of ether oxygens (including phenoxy) is 1. The minimum Gasteiger partial charge on any atom is -0.376 e. The maximum Gasteiger partial charge on any atom is 0.266 e. The summed E-state index contributed by atoms with van der Waals surface area (Å²) in [6.45, 7) is 1.27. The van der Waals surface area contributed by atoms with Gasteiger partial charge in [0.15, 0.2) is 0 Å². The van der Waals surface area contributed by atoms with Crippen molar-refractivity contribution in [2.75, 3.05) is 13.2 Å². The van der Waals surface area contributed by atoms with Gasteiger partial charge in [-0.1, -0.05) is 42.2 Å². The van der Waals surface area contributed by atoms with Gasteiger partial charge in [-0.3, -0.25) is 14.7 Å². The lowest BCUT2D eigenvalue weighted by atomic mass is 10.1. The van der Waals surface area contributed by atoms with Crippen molar-refractivity contribution in [3.05, 3.63) is 71.5 Å². The van der Waals surface area contributed by atoms with E-state index in [4.69, 9.17) is 22.1 Å². The highest BCUT2D eigenvalue weighted by Crippen LogP contribution is 2.35. The fraction of sp³-hybridized carbons (Fsp3) is 0.217. The molecule has 1 unspecified atom stereocenters. The molecule has 0 spiro atoms. The number of para-hydroxylation sites is 1. The number of amides is 1. The van der Waals surface area contributed by atoms with Crippen LogP contribution >= 0.6 is 24.0 Å². The number of thiocarbonyl (C=S) groups is 1. The Labute approximate surface area is 189 Å². The Morgan fingerprint density at radius 1 is 1.19 bits per heavy atom. The van der Waals surface area contributed by atoms with Gasteiger partial charge in [0.2, 0.25) is 0 Å². The van der Waals surface area contributed by atoms with Crippen LogP contribution in [0.25, 0.3) is 23.0 Å². The van der Waals surface area contributed by atoms with Crippen LogP contribution in [0.4, 0.5) is 0 Å². The van der Waals surface area contributed by atoms with Gasteiger partial charge in [-0.25, -0.2) is 4.68 Å². The first kappa shape index (κ1) is 20.1. The van der Waals surface area contributed by atoms with Crippen molar-refractivity contribution >= 4 is 40.3 Å². The van der Waals surface area contributed by atoms with E-state index >= 15 is 0 Å². The summed E-state index contributed by atoms with van der Waals surface area (Å²) in [4.78, 5) is 19.5. The normalized spacial score (nSPS) is 20.2. The van der Waals surface area contributed by atoms with Gasteiger partial charge in [-0.05, 0) is 43.2 Å². The Morgan fingerprint density at radius 2 is 2.00 bits per heavy atom. The van der Waals surface area contributed by atoms with Crippen LogP contribution in [0.15, 0.2) is 66.0 Å². The maximum absolute atomic E-state index is 13.1. The van der Waals surface area contributed by atoms with Crippen LogP contribution in [0.2, 0.25) is 0 Å². The molecule has 0 aliphatic carbocycles. The standard InChI is InChI=1S/C23H20N4O2S2/c28-22-20(31-23(30)26(22)15-19-7-4-12-29-19)13-17-14-27(18-5-2-1-3-6-18)25-21(17)16-8-10-24-11-9-16/h1-3,5-6,8-11,13-14,19H,4,7,12,15H2. The van der Waals surface area contributed by atoms with E-state index in [-0.39, 0.29) is 12.0 Å². The zero-order chi connectivity index (χ0) is 21.2. The quantitative estimate of drug-likeness (QED) is 0.428. The Balaban J connectivity index is 1.50. The van der Waals surface area contributed by atoms with Gasteiger partial charge in [0.1, 0.15) is 10.0 Å². The van der Waals surface area contributed by atoms with Crippen molar-refractivity contribution in [2.24, 2.45) is 0 Å². The number of hydrogen-bond acceptors (Lipinski definition) is 6. The van der Waals surface area contributed by atoms with Crippen molar-refractivity contribution in [1.29, 1.82) is 0 Å². The zero-order valence-corrected chi connectivity index (χ0v) is 18.3. The summed E-state index contributed by atoms with van der Waals surface area (Å²) in [5.74, 6) is -0.0707. The minimum absolute atomic E-state index is 0.0649. The third-order valence-electron chi connectivity index (χ3n) is 5.29. The van der Waals surface area contributed by atoms with E-state index in [2.05, 4.69) is 4.98 Å². The number of thioether (sulfide) groups is 1. The summed E-state index contributed by atoms with van der Waals surface area (Å²) >= 11 is 6.83. The fourth-order valence-corrected chi connectivity index (χ4v) is 5.00. The fourth-order valence-electron chi connectivity index (χ4n) is 3.73. The second-order valence-electron chi connectivity index (χ2n) is 7.38. The molecule has 0 N–H and O–H groups in total. The lowest BCUT2D eigenvalue weighted by Crippen LogP contribution is -2.35. The summed E-state index contributed by atoms with van der Waals surface area (Å²) < 4.78 is 8.10. The van der Waals surface area contributed by atoms with Crippen LogP contribution in [-0.4, -0.2) is 49.1 Å². The lowest BCUT2D eigenvalue weighted by Gasteiger charge is -2.18. The molecule has 0 saturated carbocycles. The molecule has 2 aliphatic rings. The molecule has 1 amide bonds. The first-order valence-corrected chi connectivity index (χ1v) is 11.3. The van der Waals surface area contributed by atoms with E-state index in [1.54, 1.807) is 17.3 Å². The Morgan fingerprint density at radius 3 is 2.74 bits per heavy atom. The van der Waals surface area contributed by atoms with Crippen LogP contribution in [0.5, 0.6) is 0 Å². The average molecular weight is 449 g/mol. The SMILES string of the molecule is O=C1C(=Cc2cn(-c3ccccc3)nc2-c2ccncc2)SC(=S)N1CC1CCCO1. The molecule has 31 heavy (non-hydrogen) atoms. The second-order valence-corrected chi connectivity index (χ2v) is 9.05. The smallest absolute Gasteiger partial charge is 0.266 e. The number of hydrogen-bond donors (Lipinski definition) is 0. The molecular formula is C23H20N4O2S2. The monoisotopic (exact) mass is 448 g/mol. The van der Waals surface area contributed by atoms with Crippen LogP contribution < -0.4 is 0 Å². The molecule has 0 radical (unpaired) electrons. The highest BCUT2D eigenvalue weighted by atomic mass is 32.2. The summed E-state index contributed by atoms with van der Waals surface area (Å²) in [6.07, 6.45) is 9.36. The van der Waals surface area contributed by atoms with Crippen molar-refractivity contribution in [1.82, 2.24) is 19.7 Å². The Hall–Kier alpha value is -2.81. The molecule has 5 rings (SSSR count).